The Morgan fingerprint density at radius 1 is 1.21 bits per heavy atom. The van der Waals surface area contributed by atoms with Crippen LogP contribution in [0, 0.1) is 10.8 Å². The second-order valence-corrected chi connectivity index (χ2v) is 5.49. The second-order valence-electron chi connectivity index (χ2n) is 5.49. The molecule has 1 aliphatic rings. The summed E-state index contributed by atoms with van der Waals surface area (Å²) in [6, 6.07) is 0.559. The molecule has 0 aromatic heterocycles. The zero-order valence-corrected chi connectivity index (χ0v) is 10.1. The van der Waals surface area contributed by atoms with Crippen LogP contribution in [0.25, 0.3) is 0 Å². The first-order chi connectivity index (χ1) is 6.43. The van der Waals surface area contributed by atoms with Crippen molar-refractivity contribution in [1.29, 1.82) is 5.41 Å². The lowest BCUT2D eigenvalue weighted by Crippen LogP contribution is -2.44. The average molecular weight is 196 g/mol. The van der Waals surface area contributed by atoms with Crippen molar-refractivity contribution in [2.75, 3.05) is 6.54 Å². The predicted molar refractivity (Wildman–Crippen MR) is 61.8 cm³/mol. The standard InChI is InChI=1S/C12H24N2/c1-10-8-6-5-7-9-14(10)11(13)12(2,3)4/h10,13H,5-9H2,1-4H3. The van der Waals surface area contributed by atoms with Gasteiger partial charge in [-0.2, -0.15) is 0 Å². The molecule has 0 aromatic rings. The van der Waals surface area contributed by atoms with Crippen LogP contribution >= 0.6 is 0 Å². The van der Waals surface area contributed by atoms with E-state index in [0.29, 0.717) is 6.04 Å². The van der Waals surface area contributed by atoms with Crippen LogP contribution in [0.15, 0.2) is 0 Å². The number of likely N-dealkylation sites (tertiary alicyclic amines) is 1. The lowest BCUT2D eigenvalue weighted by Gasteiger charge is -2.36. The van der Waals surface area contributed by atoms with Gasteiger partial charge in [0, 0.05) is 18.0 Å². The molecule has 1 atom stereocenters. The van der Waals surface area contributed by atoms with Gasteiger partial charge < -0.3 is 4.90 Å². The van der Waals surface area contributed by atoms with Crippen LogP contribution in [0.5, 0.6) is 0 Å². The maximum Gasteiger partial charge on any atom is 0.101 e. The lowest BCUT2D eigenvalue weighted by atomic mass is 9.93. The number of hydrogen-bond donors (Lipinski definition) is 1. The Kier molecular flexibility index (Phi) is 3.57. The molecule has 1 unspecified atom stereocenters. The summed E-state index contributed by atoms with van der Waals surface area (Å²) in [6.07, 6.45) is 5.16. The molecule has 82 valence electrons. The molecule has 0 amide bonds. The zero-order chi connectivity index (χ0) is 10.8. The Hall–Kier alpha value is -0.530. The quantitative estimate of drug-likeness (QED) is 0.467. The zero-order valence-electron chi connectivity index (χ0n) is 10.1. The molecule has 0 radical (unpaired) electrons. The molecule has 1 heterocycles. The van der Waals surface area contributed by atoms with E-state index in [1.54, 1.807) is 0 Å². The van der Waals surface area contributed by atoms with E-state index in [-0.39, 0.29) is 5.41 Å². The third-order valence-electron chi connectivity index (χ3n) is 3.05. The summed E-state index contributed by atoms with van der Waals surface area (Å²) in [5.74, 6) is 0.812. The van der Waals surface area contributed by atoms with E-state index >= 15 is 0 Å². The summed E-state index contributed by atoms with van der Waals surface area (Å²) in [7, 11) is 0. The molecule has 0 aliphatic carbocycles. The van der Waals surface area contributed by atoms with Crippen LogP contribution in [0.2, 0.25) is 0 Å². The van der Waals surface area contributed by atoms with Gasteiger partial charge >= 0.3 is 0 Å². The van der Waals surface area contributed by atoms with Gasteiger partial charge in [0.25, 0.3) is 0 Å². The second kappa shape index (κ2) is 4.33. The van der Waals surface area contributed by atoms with E-state index < -0.39 is 0 Å². The van der Waals surface area contributed by atoms with E-state index in [9.17, 15) is 0 Å². The minimum atomic E-state index is -0.00139. The van der Waals surface area contributed by atoms with Crippen molar-refractivity contribution < 1.29 is 0 Å². The number of rotatable bonds is 0. The van der Waals surface area contributed by atoms with Gasteiger partial charge in [-0.05, 0) is 19.8 Å². The van der Waals surface area contributed by atoms with E-state index in [2.05, 4.69) is 32.6 Å². The molecule has 0 spiro atoms. The van der Waals surface area contributed by atoms with Crippen molar-refractivity contribution in [3.05, 3.63) is 0 Å². The average Bonchev–Trinajstić information content (AvgIpc) is 2.27. The summed E-state index contributed by atoms with van der Waals surface area (Å²) in [5.41, 5.74) is -0.00139. The van der Waals surface area contributed by atoms with Gasteiger partial charge in [-0.1, -0.05) is 33.6 Å². The van der Waals surface area contributed by atoms with E-state index in [1.165, 1.54) is 25.7 Å². The van der Waals surface area contributed by atoms with Crippen LogP contribution in [0.4, 0.5) is 0 Å². The predicted octanol–water partition coefficient (Wildman–Crippen LogP) is 3.27. The first-order valence-electron chi connectivity index (χ1n) is 5.78. The Labute approximate surface area is 88.2 Å². The molecule has 1 N–H and O–H groups in total. The molecule has 1 saturated heterocycles. The van der Waals surface area contributed by atoms with E-state index in [1.807, 2.05) is 0 Å². The van der Waals surface area contributed by atoms with Gasteiger partial charge in [0.2, 0.25) is 0 Å². The summed E-state index contributed by atoms with van der Waals surface area (Å²) >= 11 is 0. The summed E-state index contributed by atoms with van der Waals surface area (Å²) in [5, 5.41) is 8.19. The Balaban J connectivity index is 2.69. The first kappa shape index (κ1) is 11.5. The number of nitrogens with zero attached hydrogens (tertiary/aromatic N) is 1. The van der Waals surface area contributed by atoms with Gasteiger partial charge in [-0.3, -0.25) is 5.41 Å². The van der Waals surface area contributed by atoms with Crippen LogP contribution in [-0.4, -0.2) is 23.3 Å². The van der Waals surface area contributed by atoms with Crippen LogP contribution in [0.3, 0.4) is 0 Å². The van der Waals surface area contributed by atoms with Crippen LogP contribution in [0.1, 0.15) is 53.4 Å². The van der Waals surface area contributed by atoms with E-state index in [4.69, 9.17) is 5.41 Å². The third kappa shape index (κ3) is 2.73. The fraction of sp³-hybridized carbons (Fsp3) is 0.917. The summed E-state index contributed by atoms with van der Waals surface area (Å²) in [6.45, 7) is 9.73. The Morgan fingerprint density at radius 2 is 1.86 bits per heavy atom. The molecular weight excluding hydrogens is 172 g/mol. The smallest absolute Gasteiger partial charge is 0.101 e. The molecule has 0 saturated carbocycles. The molecule has 2 heteroatoms. The van der Waals surface area contributed by atoms with Crippen molar-refractivity contribution >= 4 is 5.84 Å². The highest BCUT2D eigenvalue weighted by Gasteiger charge is 2.27. The Bertz CT molecular complexity index is 203. The summed E-state index contributed by atoms with van der Waals surface area (Å²) < 4.78 is 0. The van der Waals surface area contributed by atoms with Crippen LogP contribution in [-0.2, 0) is 0 Å². The molecule has 14 heavy (non-hydrogen) atoms. The monoisotopic (exact) mass is 196 g/mol. The van der Waals surface area contributed by atoms with Crippen molar-refractivity contribution in [1.82, 2.24) is 4.90 Å². The topological polar surface area (TPSA) is 27.1 Å². The van der Waals surface area contributed by atoms with Gasteiger partial charge in [0.1, 0.15) is 5.84 Å². The van der Waals surface area contributed by atoms with Gasteiger partial charge in [0.15, 0.2) is 0 Å². The number of amidine groups is 1. The van der Waals surface area contributed by atoms with Crippen LogP contribution < -0.4 is 0 Å². The highest BCUT2D eigenvalue weighted by molar-refractivity contribution is 5.84. The highest BCUT2D eigenvalue weighted by Crippen LogP contribution is 2.24. The molecule has 1 rings (SSSR count). The fourth-order valence-corrected chi connectivity index (χ4v) is 2.04. The molecule has 0 bridgehead atoms. The normalized spacial score (nSPS) is 24.6. The molecular formula is C12H24N2. The maximum absolute atomic E-state index is 8.19. The molecule has 0 aromatic carbocycles. The minimum absolute atomic E-state index is 0.00139. The first-order valence-corrected chi connectivity index (χ1v) is 5.78. The maximum atomic E-state index is 8.19. The van der Waals surface area contributed by atoms with Crippen molar-refractivity contribution in [2.45, 2.75) is 59.4 Å². The largest absolute Gasteiger partial charge is 0.357 e. The third-order valence-corrected chi connectivity index (χ3v) is 3.05. The Morgan fingerprint density at radius 3 is 2.43 bits per heavy atom. The van der Waals surface area contributed by atoms with Gasteiger partial charge in [-0.25, -0.2) is 0 Å². The fourth-order valence-electron chi connectivity index (χ4n) is 2.04. The minimum Gasteiger partial charge on any atom is -0.357 e. The lowest BCUT2D eigenvalue weighted by molar-refractivity contribution is 0.301. The van der Waals surface area contributed by atoms with Crippen molar-refractivity contribution in [2.24, 2.45) is 5.41 Å². The SMILES string of the molecule is CC1CCCCCN1C(=N)C(C)(C)C. The molecule has 1 fully saturated rings. The van der Waals surface area contributed by atoms with E-state index in [0.717, 1.165) is 12.4 Å². The summed E-state index contributed by atoms with van der Waals surface area (Å²) in [4.78, 5) is 2.30. The molecule has 2 nitrogen and oxygen atoms in total. The number of nitrogens with one attached hydrogen (secondary N) is 1. The number of hydrogen-bond acceptors (Lipinski definition) is 1. The van der Waals surface area contributed by atoms with Gasteiger partial charge in [-0.15, -0.1) is 0 Å². The highest BCUT2D eigenvalue weighted by atomic mass is 15.2. The van der Waals surface area contributed by atoms with Crippen molar-refractivity contribution in [3.8, 4) is 0 Å². The van der Waals surface area contributed by atoms with Gasteiger partial charge in [0.05, 0.1) is 0 Å². The van der Waals surface area contributed by atoms with Crippen molar-refractivity contribution in [3.63, 3.8) is 0 Å². The molecule has 1 aliphatic heterocycles.